The highest BCUT2D eigenvalue weighted by atomic mass is 32.2. The number of nitrogens with one attached hydrogen (secondary N) is 1. The lowest BCUT2D eigenvalue weighted by atomic mass is 9.99. The second-order valence-corrected chi connectivity index (χ2v) is 7.23. The molecule has 0 aromatic heterocycles. The van der Waals surface area contributed by atoms with E-state index in [1.807, 2.05) is 24.3 Å². The van der Waals surface area contributed by atoms with Gasteiger partial charge in [-0.1, -0.05) is 26.0 Å². The zero-order chi connectivity index (χ0) is 20.5. The van der Waals surface area contributed by atoms with E-state index in [2.05, 4.69) is 19.2 Å². The van der Waals surface area contributed by atoms with Crippen LogP contribution in [-0.4, -0.2) is 29.2 Å². The lowest BCUT2D eigenvalue weighted by Gasteiger charge is -2.10. The molecule has 0 bridgehead atoms. The van der Waals surface area contributed by atoms with Crippen molar-refractivity contribution in [2.24, 2.45) is 0 Å². The van der Waals surface area contributed by atoms with Crippen molar-refractivity contribution in [3.8, 4) is 0 Å². The number of esters is 1. The van der Waals surface area contributed by atoms with Crippen LogP contribution >= 0.6 is 11.8 Å². The largest absolute Gasteiger partial charge is 0.455 e. The molecule has 0 aliphatic heterocycles. The first-order chi connectivity index (χ1) is 13.4. The third-order valence-electron chi connectivity index (χ3n) is 4.14. The van der Waals surface area contributed by atoms with Crippen molar-refractivity contribution in [1.29, 1.82) is 0 Å². The van der Waals surface area contributed by atoms with Crippen LogP contribution in [0, 0.1) is 10.1 Å². The number of rotatable bonds is 9. The Hall–Kier alpha value is -2.87. The predicted octanol–water partition coefficient (Wildman–Crippen LogP) is 4.38. The van der Waals surface area contributed by atoms with E-state index in [9.17, 15) is 19.7 Å². The van der Waals surface area contributed by atoms with Crippen molar-refractivity contribution in [3.05, 3.63) is 64.2 Å². The summed E-state index contributed by atoms with van der Waals surface area (Å²) in [5.74, 6) is -0.483. The molecule has 7 nitrogen and oxygen atoms in total. The summed E-state index contributed by atoms with van der Waals surface area (Å²) in [7, 11) is 0. The molecule has 0 heterocycles. The van der Waals surface area contributed by atoms with Crippen molar-refractivity contribution in [3.63, 3.8) is 0 Å². The first-order valence-corrected chi connectivity index (χ1v) is 9.80. The van der Waals surface area contributed by atoms with E-state index in [0.29, 0.717) is 16.5 Å². The highest BCUT2D eigenvalue weighted by Gasteiger charge is 2.10. The Labute approximate surface area is 167 Å². The average molecular weight is 402 g/mol. The van der Waals surface area contributed by atoms with Gasteiger partial charge in [-0.05, 0) is 42.2 Å². The van der Waals surface area contributed by atoms with E-state index in [-0.39, 0.29) is 18.0 Å². The van der Waals surface area contributed by atoms with Gasteiger partial charge < -0.3 is 10.1 Å². The zero-order valence-corrected chi connectivity index (χ0v) is 16.5. The fourth-order valence-electron chi connectivity index (χ4n) is 2.32. The fourth-order valence-corrected chi connectivity index (χ4v) is 3.02. The molecule has 2 aromatic carbocycles. The zero-order valence-electron chi connectivity index (χ0n) is 15.7. The van der Waals surface area contributed by atoms with Gasteiger partial charge in [0.2, 0.25) is 0 Å². The first-order valence-electron chi connectivity index (χ1n) is 8.81. The molecule has 0 aliphatic carbocycles. The molecule has 148 valence electrons. The van der Waals surface area contributed by atoms with Gasteiger partial charge in [-0.15, -0.1) is 11.8 Å². The summed E-state index contributed by atoms with van der Waals surface area (Å²) in [5.41, 5.74) is 1.84. The van der Waals surface area contributed by atoms with Crippen molar-refractivity contribution >= 4 is 35.0 Å². The molecule has 0 radical (unpaired) electrons. The molecule has 0 unspecified atom stereocenters. The van der Waals surface area contributed by atoms with E-state index in [4.69, 9.17) is 4.74 Å². The number of carbonyl (C=O) groups is 2. The average Bonchev–Trinajstić information content (AvgIpc) is 2.71. The lowest BCUT2D eigenvalue weighted by Crippen LogP contribution is -2.21. The Bertz CT molecular complexity index is 821. The van der Waals surface area contributed by atoms with Gasteiger partial charge in [-0.25, -0.2) is 0 Å². The molecule has 0 saturated heterocycles. The van der Waals surface area contributed by atoms with E-state index in [1.165, 1.54) is 29.5 Å². The number of hydrogen-bond acceptors (Lipinski definition) is 6. The standard InChI is InChI=1S/C20H22N2O5S/c1-3-14(2)15-4-6-16(7-5-15)21-19(23)12-27-20(24)13-28-18-10-8-17(9-11-18)22(25)26/h4-11,14H,3,12-13H2,1-2H3,(H,21,23)/t14-/m0/s1. The summed E-state index contributed by atoms with van der Waals surface area (Å²) < 4.78 is 4.96. The maximum atomic E-state index is 11.9. The second-order valence-electron chi connectivity index (χ2n) is 6.18. The Morgan fingerprint density at radius 2 is 1.79 bits per heavy atom. The second kappa shape index (κ2) is 10.5. The fraction of sp³-hybridized carbons (Fsp3) is 0.300. The minimum atomic E-state index is -0.536. The molecule has 2 rings (SSSR count). The normalized spacial score (nSPS) is 11.5. The van der Waals surface area contributed by atoms with E-state index < -0.39 is 16.8 Å². The number of anilines is 1. The molecule has 0 fully saturated rings. The number of amides is 1. The van der Waals surface area contributed by atoms with Crippen LogP contribution in [0.5, 0.6) is 0 Å². The summed E-state index contributed by atoms with van der Waals surface area (Å²) in [6.45, 7) is 3.89. The van der Waals surface area contributed by atoms with Gasteiger partial charge in [0.15, 0.2) is 6.61 Å². The number of carbonyl (C=O) groups excluding carboxylic acids is 2. The number of thioether (sulfide) groups is 1. The minimum Gasteiger partial charge on any atom is -0.455 e. The highest BCUT2D eigenvalue weighted by Crippen LogP contribution is 2.22. The van der Waals surface area contributed by atoms with Gasteiger partial charge in [0, 0.05) is 22.7 Å². The molecule has 1 N–H and O–H groups in total. The molecule has 0 spiro atoms. The Balaban J connectivity index is 1.73. The SMILES string of the molecule is CC[C@H](C)c1ccc(NC(=O)COC(=O)CSc2ccc([N+](=O)[O-])cc2)cc1. The van der Waals surface area contributed by atoms with Crippen LogP contribution in [0.15, 0.2) is 53.4 Å². The van der Waals surface area contributed by atoms with E-state index in [1.54, 1.807) is 12.1 Å². The van der Waals surface area contributed by atoms with E-state index >= 15 is 0 Å². The van der Waals surface area contributed by atoms with Crippen LogP contribution in [0.25, 0.3) is 0 Å². The van der Waals surface area contributed by atoms with Gasteiger partial charge in [-0.2, -0.15) is 0 Å². The number of non-ortho nitro benzene ring substituents is 1. The van der Waals surface area contributed by atoms with Crippen molar-refractivity contribution in [2.75, 3.05) is 17.7 Å². The Morgan fingerprint density at radius 1 is 1.14 bits per heavy atom. The molecule has 1 amide bonds. The molecule has 1 atom stereocenters. The minimum absolute atomic E-state index is 0.00863. The quantitative estimate of drug-likeness (QED) is 0.289. The van der Waals surface area contributed by atoms with Gasteiger partial charge in [0.25, 0.3) is 11.6 Å². The van der Waals surface area contributed by atoms with Crippen LogP contribution in [0.3, 0.4) is 0 Å². The van der Waals surface area contributed by atoms with Crippen molar-refractivity contribution < 1.29 is 19.2 Å². The van der Waals surface area contributed by atoms with Gasteiger partial charge in [0.05, 0.1) is 10.7 Å². The number of nitro groups is 1. The Morgan fingerprint density at radius 3 is 2.36 bits per heavy atom. The number of nitro benzene ring substituents is 1. The van der Waals surface area contributed by atoms with Crippen molar-refractivity contribution in [2.45, 2.75) is 31.1 Å². The summed E-state index contributed by atoms with van der Waals surface area (Å²) in [4.78, 5) is 34.5. The van der Waals surface area contributed by atoms with Gasteiger partial charge in [0.1, 0.15) is 0 Å². The maximum absolute atomic E-state index is 11.9. The number of ether oxygens (including phenoxy) is 1. The van der Waals surface area contributed by atoms with Crippen LogP contribution in [0.1, 0.15) is 31.7 Å². The summed E-state index contributed by atoms with van der Waals surface area (Å²) in [6.07, 6.45) is 1.04. The van der Waals surface area contributed by atoms with Crippen molar-refractivity contribution in [1.82, 2.24) is 0 Å². The highest BCUT2D eigenvalue weighted by molar-refractivity contribution is 8.00. The third kappa shape index (κ3) is 6.70. The molecule has 8 heteroatoms. The topological polar surface area (TPSA) is 98.5 Å². The van der Waals surface area contributed by atoms with Crippen LogP contribution in [0.2, 0.25) is 0 Å². The Kier molecular flexibility index (Phi) is 8.01. The lowest BCUT2D eigenvalue weighted by molar-refractivity contribution is -0.384. The molecule has 0 saturated carbocycles. The molecular weight excluding hydrogens is 380 g/mol. The summed E-state index contributed by atoms with van der Waals surface area (Å²) in [6, 6.07) is 13.4. The smallest absolute Gasteiger partial charge is 0.316 e. The maximum Gasteiger partial charge on any atom is 0.316 e. The van der Waals surface area contributed by atoms with Crippen LogP contribution < -0.4 is 5.32 Å². The summed E-state index contributed by atoms with van der Waals surface area (Å²) in [5, 5.41) is 13.3. The van der Waals surface area contributed by atoms with Crippen LogP contribution in [-0.2, 0) is 14.3 Å². The number of hydrogen-bond donors (Lipinski definition) is 1. The van der Waals surface area contributed by atoms with Gasteiger partial charge >= 0.3 is 5.97 Å². The first kappa shape index (κ1) is 21.4. The molecule has 0 aliphatic rings. The predicted molar refractivity (Wildman–Crippen MR) is 109 cm³/mol. The molecule has 2 aromatic rings. The molecule has 28 heavy (non-hydrogen) atoms. The number of benzene rings is 2. The third-order valence-corrected chi connectivity index (χ3v) is 5.13. The monoisotopic (exact) mass is 402 g/mol. The van der Waals surface area contributed by atoms with Gasteiger partial charge in [-0.3, -0.25) is 19.7 Å². The van der Waals surface area contributed by atoms with Crippen LogP contribution in [0.4, 0.5) is 11.4 Å². The summed E-state index contributed by atoms with van der Waals surface area (Å²) >= 11 is 1.18. The number of nitrogens with zero attached hydrogens (tertiary/aromatic N) is 1. The molecular formula is C20H22N2O5S. The van der Waals surface area contributed by atoms with E-state index in [0.717, 1.165) is 6.42 Å².